The van der Waals surface area contributed by atoms with Gasteiger partial charge in [-0.3, -0.25) is 4.79 Å². The number of ether oxygens (including phenoxy) is 1. The molecule has 5 heteroatoms. The lowest BCUT2D eigenvalue weighted by Crippen LogP contribution is -2.28. The molecule has 0 spiro atoms. The minimum atomic E-state index is -0.291. The average molecular weight is 307 g/mol. The number of thiophene rings is 1. The molecule has 1 aromatic rings. The molecule has 0 atom stereocenters. The predicted molar refractivity (Wildman–Crippen MR) is 82.9 cm³/mol. The van der Waals surface area contributed by atoms with E-state index < -0.39 is 0 Å². The van der Waals surface area contributed by atoms with E-state index in [1.54, 1.807) is 11.3 Å². The van der Waals surface area contributed by atoms with Crippen LogP contribution in [0.3, 0.4) is 0 Å². The zero-order chi connectivity index (χ0) is 14.8. The molecule has 2 aliphatic rings. The fraction of sp³-hybridized carbons (Fsp3) is 0.625. The zero-order valence-corrected chi connectivity index (χ0v) is 13.2. The van der Waals surface area contributed by atoms with Gasteiger partial charge in [-0.25, -0.2) is 4.79 Å². The summed E-state index contributed by atoms with van der Waals surface area (Å²) < 4.78 is 5.19. The van der Waals surface area contributed by atoms with Gasteiger partial charge in [0.05, 0.1) is 12.2 Å². The van der Waals surface area contributed by atoms with Gasteiger partial charge in [0.15, 0.2) is 0 Å². The van der Waals surface area contributed by atoms with Gasteiger partial charge in [-0.15, -0.1) is 11.3 Å². The summed E-state index contributed by atoms with van der Waals surface area (Å²) in [7, 11) is 0. The van der Waals surface area contributed by atoms with Crippen LogP contribution >= 0.6 is 11.3 Å². The maximum absolute atomic E-state index is 12.3. The summed E-state index contributed by atoms with van der Waals surface area (Å²) >= 11 is 1.56. The molecular weight excluding hydrogens is 286 g/mol. The predicted octanol–water partition coefficient (Wildman–Crippen LogP) is 3.54. The molecule has 21 heavy (non-hydrogen) atoms. The van der Waals surface area contributed by atoms with Crippen LogP contribution in [0.4, 0.5) is 5.00 Å². The molecule has 3 rings (SSSR count). The van der Waals surface area contributed by atoms with Crippen LogP contribution in [0.5, 0.6) is 0 Å². The van der Waals surface area contributed by atoms with Gasteiger partial charge in [-0.05, 0) is 51.0 Å². The van der Waals surface area contributed by atoms with E-state index in [9.17, 15) is 9.59 Å². The molecule has 1 N–H and O–H groups in total. The molecule has 1 saturated carbocycles. The maximum Gasteiger partial charge on any atom is 0.341 e. The van der Waals surface area contributed by atoms with Crippen LogP contribution in [0.15, 0.2) is 0 Å². The van der Waals surface area contributed by atoms with Crippen LogP contribution in [0.1, 0.15) is 59.8 Å². The SMILES string of the molecule is CCOC(=O)c1c(NC(=O)C2CCC2)sc2c1CCCC2. The summed E-state index contributed by atoms with van der Waals surface area (Å²) in [6, 6.07) is 0. The second-order valence-electron chi connectivity index (χ2n) is 5.75. The van der Waals surface area contributed by atoms with Gasteiger partial charge in [0.25, 0.3) is 0 Å². The van der Waals surface area contributed by atoms with Crippen molar-refractivity contribution in [3.63, 3.8) is 0 Å². The van der Waals surface area contributed by atoms with Crippen LogP contribution < -0.4 is 5.32 Å². The Bertz CT molecular complexity index is 560. The molecule has 0 bridgehead atoms. The first-order chi connectivity index (χ1) is 10.2. The van der Waals surface area contributed by atoms with Crippen molar-refractivity contribution in [1.82, 2.24) is 0 Å². The molecule has 0 saturated heterocycles. The summed E-state index contributed by atoms with van der Waals surface area (Å²) in [6.07, 6.45) is 7.24. The highest BCUT2D eigenvalue weighted by molar-refractivity contribution is 7.17. The first-order valence-electron chi connectivity index (χ1n) is 7.83. The third-order valence-corrected chi connectivity index (χ3v) is 5.57. The maximum atomic E-state index is 12.3. The Morgan fingerprint density at radius 2 is 2.00 bits per heavy atom. The summed E-state index contributed by atoms with van der Waals surface area (Å²) in [6.45, 7) is 2.17. The van der Waals surface area contributed by atoms with Crippen molar-refractivity contribution in [3.05, 3.63) is 16.0 Å². The Balaban J connectivity index is 1.88. The van der Waals surface area contributed by atoms with Gasteiger partial charge in [0.2, 0.25) is 5.91 Å². The van der Waals surface area contributed by atoms with E-state index in [4.69, 9.17) is 4.74 Å². The van der Waals surface area contributed by atoms with E-state index in [1.165, 1.54) is 4.88 Å². The second-order valence-corrected chi connectivity index (χ2v) is 6.86. The number of hydrogen-bond acceptors (Lipinski definition) is 4. The van der Waals surface area contributed by atoms with Gasteiger partial charge in [0.1, 0.15) is 5.00 Å². The number of carbonyl (C=O) groups is 2. The lowest BCUT2D eigenvalue weighted by atomic mass is 9.85. The Morgan fingerprint density at radius 3 is 2.67 bits per heavy atom. The van der Waals surface area contributed by atoms with E-state index in [2.05, 4.69) is 5.32 Å². The van der Waals surface area contributed by atoms with E-state index >= 15 is 0 Å². The zero-order valence-electron chi connectivity index (χ0n) is 12.4. The Labute approximate surface area is 128 Å². The van der Waals surface area contributed by atoms with Crippen molar-refractivity contribution in [1.29, 1.82) is 0 Å². The Morgan fingerprint density at radius 1 is 1.24 bits per heavy atom. The van der Waals surface area contributed by atoms with Crippen molar-refractivity contribution >= 4 is 28.2 Å². The fourth-order valence-corrected chi connectivity index (χ4v) is 4.24. The molecule has 1 aromatic heterocycles. The van der Waals surface area contributed by atoms with E-state index in [-0.39, 0.29) is 17.8 Å². The third kappa shape index (κ3) is 2.84. The van der Waals surface area contributed by atoms with Crippen molar-refractivity contribution in [3.8, 4) is 0 Å². The van der Waals surface area contributed by atoms with Gasteiger partial charge in [0, 0.05) is 10.8 Å². The van der Waals surface area contributed by atoms with Crippen LogP contribution in [-0.2, 0) is 22.4 Å². The Kier molecular flexibility index (Phi) is 4.29. The molecule has 1 heterocycles. The van der Waals surface area contributed by atoms with Crippen molar-refractivity contribution < 1.29 is 14.3 Å². The lowest BCUT2D eigenvalue weighted by molar-refractivity contribution is -0.122. The lowest BCUT2D eigenvalue weighted by Gasteiger charge is -2.23. The van der Waals surface area contributed by atoms with E-state index in [0.29, 0.717) is 17.2 Å². The number of carbonyl (C=O) groups excluding carboxylic acids is 2. The minimum absolute atomic E-state index is 0.0606. The summed E-state index contributed by atoms with van der Waals surface area (Å²) in [5, 5.41) is 3.69. The molecule has 0 unspecified atom stereocenters. The quantitative estimate of drug-likeness (QED) is 0.866. The third-order valence-electron chi connectivity index (χ3n) is 4.36. The van der Waals surface area contributed by atoms with Gasteiger partial charge >= 0.3 is 5.97 Å². The van der Waals surface area contributed by atoms with Gasteiger partial charge < -0.3 is 10.1 Å². The standard InChI is InChI=1S/C16H21NO3S/c1-2-20-16(19)13-11-8-3-4-9-12(11)21-15(13)17-14(18)10-6-5-7-10/h10H,2-9H2,1H3,(H,17,18). The Hall–Kier alpha value is -1.36. The molecule has 0 radical (unpaired) electrons. The van der Waals surface area contributed by atoms with Crippen LogP contribution in [0.2, 0.25) is 0 Å². The average Bonchev–Trinajstić information content (AvgIpc) is 2.74. The molecule has 2 aliphatic carbocycles. The fourth-order valence-electron chi connectivity index (χ4n) is 2.96. The molecular formula is C16H21NO3S. The highest BCUT2D eigenvalue weighted by atomic mass is 32.1. The van der Waals surface area contributed by atoms with Crippen molar-refractivity contribution in [2.45, 2.75) is 51.9 Å². The number of fused-ring (bicyclic) bond motifs is 1. The molecule has 4 nitrogen and oxygen atoms in total. The number of esters is 1. The van der Waals surface area contributed by atoms with E-state index in [1.807, 2.05) is 6.92 Å². The van der Waals surface area contributed by atoms with Crippen LogP contribution in [0, 0.1) is 5.92 Å². The first kappa shape index (κ1) is 14.6. The number of amides is 1. The number of aryl methyl sites for hydroxylation is 1. The number of nitrogens with one attached hydrogen (secondary N) is 1. The normalized spacial score (nSPS) is 17.8. The highest BCUT2D eigenvalue weighted by Gasteiger charge is 2.30. The largest absolute Gasteiger partial charge is 0.462 e. The number of rotatable bonds is 4. The molecule has 114 valence electrons. The van der Waals surface area contributed by atoms with Crippen molar-refractivity contribution in [2.75, 3.05) is 11.9 Å². The summed E-state index contributed by atoms with van der Waals surface area (Å²) in [5.74, 6) is -0.106. The highest BCUT2D eigenvalue weighted by Crippen LogP contribution is 2.39. The monoisotopic (exact) mass is 307 g/mol. The van der Waals surface area contributed by atoms with Crippen LogP contribution in [-0.4, -0.2) is 18.5 Å². The molecule has 1 fully saturated rings. The molecule has 0 aromatic carbocycles. The van der Waals surface area contributed by atoms with Gasteiger partial charge in [-0.1, -0.05) is 6.42 Å². The van der Waals surface area contributed by atoms with E-state index in [0.717, 1.165) is 50.5 Å². The summed E-state index contributed by atoms with van der Waals surface area (Å²) in [5.41, 5.74) is 1.72. The number of anilines is 1. The van der Waals surface area contributed by atoms with Crippen molar-refractivity contribution in [2.24, 2.45) is 5.92 Å². The first-order valence-corrected chi connectivity index (χ1v) is 8.65. The topological polar surface area (TPSA) is 55.4 Å². The van der Waals surface area contributed by atoms with Crippen LogP contribution in [0.25, 0.3) is 0 Å². The molecule has 1 amide bonds. The number of hydrogen-bond donors (Lipinski definition) is 1. The smallest absolute Gasteiger partial charge is 0.341 e. The second kappa shape index (κ2) is 6.18. The minimum Gasteiger partial charge on any atom is -0.462 e. The van der Waals surface area contributed by atoms with Gasteiger partial charge in [-0.2, -0.15) is 0 Å². The summed E-state index contributed by atoms with van der Waals surface area (Å²) in [4.78, 5) is 25.7. The molecule has 0 aliphatic heterocycles.